The first kappa shape index (κ1) is 14.8. The second-order valence-corrected chi connectivity index (χ2v) is 3.78. The van der Waals surface area contributed by atoms with Crippen LogP contribution in [0.15, 0.2) is 30.3 Å². The number of benzene rings is 1. The third-order valence-electron chi connectivity index (χ3n) is 2.64. The average molecular weight is 265 g/mol. The minimum Gasteiger partial charge on any atom is -0.366 e. The van der Waals surface area contributed by atoms with E-state index in [-0.39, 0.29) is 6.54 Å². The number of methoxy groups -OCH3 is 1. The Bertz CT molecular complexity index is 368. The second-order valence-electron chi connectivity index (χ2n) is 3.78. The summed E-state index contributed by atoms with van der Waals surface area (Å²) in [5.41, 5.74) is 0.517. The predicted octanol–water partition coefficient (Wildman–Crippen LogP) is 3.39. The van der Waals surface area contributed by atoms with Crippen LogP contribution in [0.3, 0.4) is 0 Å². The van der Waals surface area contributed by atoms with Crippen molar-refractivity contribution >= 4 is 5.69 Å². The highest BCUT2D eigenvalue weighted by Gasteiger charge is 2.57. The lowest BCUT2D eigenvalue weighted by molar-refractivity contribution is -0.319. The molecule has 0 aromatic heterocycles. The third-order valence-corrected chi connectivity index (χ3v) is 2.64. The van der Waals surface area contributed by atoms with Crippen molar-refractivity contribution in [2.75, 3.05) is 25.1 Å². The topological polar surface area (TPSA) is 12.5 Å². The van der Waals surface area contributed by atoms with Crippen LogP contribution in [-0.4, -0.2) is 32.2 Å². The quantitative estimate of drug-likeness (QED) is 0.757. The van der Waals surface area contributed by atoms with Crippen LogP contribution in [0.25, 0.3) is 0 Å². The van der Waals surface area contributed by atoms with Gasteiger partial charge in [-0.1, -0.05) is 18.2 Å². The Balaban J connectivity index is 2.92. The first-order valence-electron chi connectivity index (χ1n) is 5.45. The third kappa shape index (κ3) is 3.13. The molecular weight excluding hydrogens is 250 g/mol. The molecule has 0 radical (unpaired) electrons. The van der Waals surface area contributed by atoms with Crippen molar-refractivity contribution in [2.45, 2.75) is 19.0 Å². The Morgan fingerprint density at radius 3 is 2.06 bits per heavy atom. The lowest BCUT2D eigenvalue weighted by atomic mass is 10.2. The molecule has 0 heterocycles. The summed E-state index contributed by atoms with van der Waals surface area (Å²) in [6, 6.07) is 8.34. The smallest absolute Gasteiger partial charge is 0.366 e. The maximum absolute atomic E-state index is 13.8. The van der Waals surface area contributed by atoms with Crippen molar-refractivity contribution in [3.8, 4) is 0 Å². The van der Waals surface area contributed by atoms with Crippen molar-refractivity contribution in [3.63, 3.8) is 0 Å². The summed E-state index contributed by atoms with van der Waals surface area (Å²) < 4.78 is 55.6. The van der Waals surface area contributed by atoms with Gasteiger partial charge in [0.15, 0.2) is 0 Å². The lowest BCUT2D eigenvalue weighted by Gasteiger charge is -2.33. The molecule has 0 aliphatic rings. The maximum atomic E-state index is 13.8. The number of ether oxygens (including phenoxy) is 1. The highest BCUT2D eigenvalue weighted by molar-refractivity contribution is 5.46. The van der Waals surface area contributed by atoms with E-state index >= 15 is 0 Å². The van der Waals surface area contributed by atoms with Gasteiger partial charge in [0, 0.05) is 19.3 Å². The summed E-state index contributed by atoms with van der Waals surface area (Å²) in [5, 5.41) is 0. The van der Waals surface area contributed by atoms with E-state index < -0.39 is 18.6 Å². The molecular formula is C12H15F4NO. The van der Waals surface area contributed by atoms with Crippen LogP contribution in [-0.2, 0) is 4.74 Å². The van der Waals surface area contributed by atoms with Crippen molar-refractivity contribution in [2.24, 2.45) is 0 Å². The van der Waals surface area contributed by atoms with Crippen LogP contribution >= 0.6 is 0 Å². The maximum Gasteiger partial charge on any atom is 0.450 e. The number of rotatable bonds is 5. The Hall–Kier alpha value is -1.30. The van der Waals surface area contributed by atoms with E-state index in [4.69, 9.17) is 0 Å². The van der Waals surface area contributed by atoms with Gasteiger partial charge in [0.05, 0.1) is 6.54 Å². The van der Waals surface area contributed by atoms with Crippen molar-refractivity contribution in [1.82, 2.24) is 0 Å². The molecule has 102 valence electrons. The molecule has 18 heavy (non-hydrogen) atoms. The van der Waals surface area contributed by atoms with Gasteiger partial charge in [0.1, 0.15) is 0 Å². The molecule has 0 saturated heterocycles. The zero-order valence-corrected chi connectivity index (χ0v) is 10.2. The van der Waals surface area contributed by atoms with E-state index in [9.17, 15) is 17.6 Å². The van der Waals surface area contributed by atoms with Crippen LogP contribution in [0.5, 0.6) is 0 Å². The van der Waals surface area contributed by atoms with Crippen molar-refractivity contribution < 1.29 is 22.3 Å². The number of para-hydroxylation sites is 1. The van der Waals surface area contributed by atoms with Gasteiger partial charge < -0.3 is 9.64 Å². The molecule has 0 fully saturated rings. The molecule has 0 bridgehead atoms. The number of halogens is 4. The first-order valence-corrected chi connectivity index (χ1v) is 5.45. The molecule has 1 unspecified atom stereocenters. The number of likely N-dealkylation sites (N-methyl/N-ethyl adjacent to an activating group) is 1. The standard InChI is InChI=1S/C12H15F4NO/c1-3-17(10-7-5-4-6-8-10)9-11(13,18-2)12(14,15)16/h4-8H,3,9H2,1-2H3. The summed E-state index contributed by atoms with van der Waals surface area (Å²) in [5.74, 6) is -3.67. The molecule has 0 aliphatic carbocycles. The molecule has 1 rings (SSSR count). The molecule has 0 spiro atoms. The summed E-state index contributed by atoms with van der Waals surface area (Å²) in [7, 11) is 0.715. The van der Waals surface area contributed by atoms with Gasteiger partial charge in [-0.05, 0) is 19.1 Å². The lowest BCUT2D eigenvalue weighted by Crippen LogP contribution is -2.51. The highest BCUT2D eigenvalue weighted by Crippen LogP contribution is 2.36. The Morgan fingerprint density at radius 1 is 1.11 bits per heavy atom. The normalized spacial score (nSPS) is 15.2. The fourth-order valence-electron chi connectivity index (χ4n) is 1.54. The molecule has 0 aliphatic heterocycles. The van der Waals surface area contributed by atoms with Gasteiger partial charge in [-0.15, -0.1) is 0 Å². The molecule has 0 N–H and O–H groups in total. The number of alkyl halides is 4. The zero-order valence-electron chi connectivity index (χ0n) is 10.2. The van der Waals surface area contributed by atoms with E-state index in [2.05, 4.69) is 4.74 Å². The van der Waals surface area contributed by atoms with E-state index in [0.29, 0.717) is 12.8 Å². The minimum atomic E-state index is -5.07. The van der Waals surface area contributed by atoms with E-state index in [1.165, 1.54) is 4.90 Å². The summed E-state index contributed by atoms with van der Waals surface area (Å²) in [6.45, 7) is 1.00. The van der Waals surface area contributed by atoms with Crippen LogP contribution in [0.4, 0.5) is 23.2 Å². The second kappa shape index (κ2) is 5.56. The molecule has 2 nitrogen and oxygen atoms in total. The molecule has 1 aromatic carbocycles. The number of hydrogen-bond donors (Lipinski definition) is 0. The van der Waals surface area contributed by atoms with Crippen LogP contribution in [0, 0.1) is 0 Å². The molecule has 6 heteroatoms. The van der Waals surface area contributed by atoms with Crippen molar-refractivity contribution in [3.05, 3.63) is 30.3 Å². The fourth-order valence-corrected chi connectivity index (χ4v) is 1.54. The van der Waals surface area contributed by atoms with Gasteiger partial charge in [0.2, 0.25) is 0 Å². The van der Waals surface area contributed by atoms with Crippen molar-refractivity contribution in [1.29, 1.82) is 0 Å². The molecule has 1 atom stereocenters. The number of hydrogen-bond acceptors (Lipinski definition) is 2. The summed E-state index contributed by atoms with van der Waals surface area (Å²) in [4.78, 5) is 1.27. The summed E-state index contributed by atoms with van der Waals surface area (Å²) in [6.07, 6.45) is -5.07. The van der Waals surface area contributed by atoms with Crippen LogP contribution in [0.2, 0.25) is 0 Å². The molecule has 1 aromatic rings. The van der Waals surface area contributed by atoms with Gasteiger partial charge in [0.25, 0.3) is 0 Å². The monoisotopic (exact) mass is 265 g/mol. The van der Waals surface area contributed by atoms with Gasteiger partial charge in [-0.3, -0.25) is 0 Å². The van der Waals surface area contributed by atoms with Gasteiger partial charge in [-0.2, -0.15) is 17.6 Å². The van der Waals surface area contributed by atoms with E-state index in [1.807, 2.05) is 0 Å². The van der Waals surface area contributed by atoms with E-state index in [0.717, 1.165) is 0 Å². The zero-order chi connectivity index (χ0) is 13.8. The van der Waals surface area contributed by atoms with Crippen LogP contribution in [0.1, 0.15) is 6.92 Å². The van der Waals surface area contributed by atoms with E-state index in [1.54, 1.807) is 37.3 Å². The van der Waals surface area contributed by atoms with Gasteiger partial charge in [-0.25, -0.2) is 0 Å². The van der Waals surface area contributed by atoms with Crippen LogP contribution < -0.4 is 4.90 Å². The van der Waals surface area contributed by atoms with Gasteiger partial charge >= 0.3 is 12.0 Å². The SMILES string of the molecule is CCN(CC(F)(OC)C(F)(F)F)c1ccccc1. The Labute approximate surface area is 103 Å². The summed E-state index contributed by atoms with van der Waals surface area (Å²) >= 11 is 0. The Morgan fingerprint density at radius 2 is 1.67 bits per heavy atom. The minimum absolute atomic E-state index is 0.245. The average Bonchev–Trinajstić information content (AvgIpc) is 2.35. The first-order chi connectivity index (χ1) is 8.34. The molecule has 0 saturated carbocycles. The highest BCUT2D eigenvalue weighted by atomic mass is 19.4. The Kier molecular flexibility index (Phi) is 4.56. The number of nitrogens with zero attached hydrogens (tertiary/aromatic N) is 1. The largest absolute Gasteiger partial charge is 0.450 e. The number of anilines is 1. The molecule has 0 amide bonds. The fraction of sp³-hybridized carbons (Fsp3) is 0.500. The predicted molar refractivity (Wildman–Crippen MR) is 61.2 cm³/mol.